The Balaban J connectivity index is 2.30. The first-order valence-electron chi connectivity index (χ1n) is 5.42. The Bertz CT molecular complexity index is 214. The number of hydrogen-bond acceptors (Lipinski definition) is 1. The van der Waals surface area contributed by atoms with Crippen LogP contribution in [-0.2, 0) is 4.74 Å². The van der Waals surface area contributed by atoms with Gasteiger partial charge in [-0.2, -0.15) is 0 Å². The van der Waals surface area contributed by atoms with Gasteiger partial charge in [0, 0.05) is 13.0 Å². The van der Waals surface area contributed by atoms with E-state index in [2.05, 4.69) is 11.8 Å². The van der Waals surface area contributed by atoms with Gasteiger partial charge in [-0.3, -0.25) is 0 Å². The number of ether oxygens (including phenoxy) is 1. The minimum atomic E-state index is -0.920. The fourth-order valence-corrected chi connectivity index (χ4v) is 1.55. The van der Waals surface area contributed by atoms with Gasteiger partial charge in [-0.1, -0.05) is 5.92 Å². The summed E-state index contributed by atoms with van der Waals surface area (Å²) in [7, 11) is 0. The van der Waals surface area contributed by atoms with Gasteiger partial charge in [-0.25, -0.2) is 4.39 Å². The summed E-state index contributed by atoms with van der Waals surface area (Å²) in [6.45, 7) is 4.81. The highest BCUT2D eigenvalue weighted by Gasteiger charge is 2.14. The molecule has 0 saturated carbocycles. The first-order chi connectivity index (χ1) is 6.68. The van der Waals surface area contributed by atoms with Crippen LogP contribution in [0.1, 0.15) is 39.5 Å². The molecule has 0 saturated heterocycles. The van der Waals surface area contributed by atoms with Crippen molar-refractivity contribution in [3.63, 3.8) is 0 Å². The van der Waals surface area contributed by atoms with E-state index in [9.17, 15) is 4.39 Å². The summed E-state index contributed by atoms with van der Waals surface area (Å²) in [6, 6.07) is 0. The van der Waals surface area contributed by atoms with E-state index >= 15 is 0 Å². The summed E-state index contributed by atoms with van der Waals surface area (Å²) >= 11 is 0. The van der Waals surface area contributed by atoms with Crippen LogP contribution >= 0.6 is 0 Å². The monoisotopic (exact) mass is 198 g/mol. The molecule has 1 aliphatic rings. The lowest BCUT2D eigenvalue weighted by Crippen LogP contribution is -2.16. The molecule has 0 bridgehead atoms. The molecule has 1 nitrogen and oxygen atoms in total. The van der Waals surface area contributed by atoms with Gasteiger partial charge < -0.3 is 4.74 Å². The van der Waals surface area contributed by atoms with Crippen molar-refractivity contribution in [2.75, 3.05) is 6.61 Å². The zero-order chi connectivity index (χ0) is 10.4. The third-order valence-electron chi connectivity index (χ3n) is 2.43. The fourth-order valence-electron chi connectivity index (χ4n) is 1.55. The normalized spacial score (nSPS) is 27.7. The Labute approximate surface area is 86.0 Å². The van der Waals surface area contributed by atoms with Crippen LogP contribution in [0.15, 0.2) is 0 Å². The lowest BCUT2D eigenvalue weighted by atomic mass is 9.95. The number of halogens is 1. The second-order valence-electron chi connectivity index (χ2n) is 4.15. The summed E-state index contributed by atoms with van der Waals surface area (Å²) in [5.41, 5.74) is 0. The Kier molecular flexibility index (Phi) is 4.97. The van der Waals surface area contributed by atoms with E-state index < -0.39 is 6.17 Å². The van der Waals surface area contributed by atoms with Gasteiger partial charge in [0.1, 0.15) is 0 Å². The van der Waals surface area contributed by atoms with Crippen molar-refractivity contribution >= 4 is 0 Å². The molecule has 0 aromatic carbocycles. The van der Waals surface area contributed by atoms with E-state index in [0.29, 0.717) is 12.3 Å². The molecule has 0 aromatic rings. The van der Waals surface area contributed by atoms with Crippen molar-refractivity contribution in [1.29, 1.82) is 0 Å². The highest BCUT2D eigenvalue weighted by molar-refractivity contribution is 5.06. The van der Waals surface area contributed by atoms with E-state index in [0.717, 1.165) is 25.9 Å². The number of hydrogen-bond donors (Lipinski definition) is 0. The smallest absolute Gasteiger partial charge is 0.160 e. The Morgan fingerprint density at radius 1 is 1.36 bits per heavy atom. The van der Waals surface area contributed by atoms with E-state index in [4.69, 9.17) is 4.74 Å². The maximum absolute atomic E-state index is 13.0. The minimum Gasteiger partial charge on any atom is -0.379 e. The van der Waals surface area contributed by atoms with E-state index in [1.807, 2.05) is 13.8 Å². The second-order valence-corrected chi connectivity index (χ2v) is 4.15. The molecule has 80 valence electrons. The van der Waals surface area contributed by atoms with Crippen LogP contribution in [0.5, 0.6) is 0 Å². The molecule has 0 radical (unpaired) electrons. The van der Waals surface area contributed by atoms with Gasteiger partial charge in [-0.15, -0.1) is 5.92 Å². The molecule has 0 aliphatic heterocycles. The van der Waals surface area contributed by atoms with Gasteiger partial charge in [0.25, 0.3) is 0 Å². The van der Waals surface area contributed by atoms with Gasteiger partial charge >= 0.3 is 0 Å². The first-order valence-corrected chi connectivity index (χ1v) is 5.42. The quantitative estimate of drug-likeness (QED) is 0.633. The average molecular weight is 198 g/mol. The summed E-state index contributed by atoms with van der Waals surface area (Å²) in [4.78, 5) is 0. The molecule has 1 rings (SSSR count). The molecule has 0 heterocycles. The van der Waals surface area contributed by atoms with Crippen LogP contribution in [0.25, 0.3) is 0 Å². The van der Waals surface area contributed by atoms with Gasteiger partial charge in [0.05, 0.1) is 6.10 Å². The SMILES string of the molecule is CC(C)OCC1CCC#CC(F)CC1. The fraction of sp³-hybridized carbons (Fsp3) is 0.833. The maximum Gasteiger partial charge on any atom is 0.160 e. The molecule has 1 aliphatic carbocycles. The van der Waals surface area contributed by atoms with E-state index in [1.54, 1.807) is 0 Å². The third-order valence-corrected chi connectivity index (χ3v) is 2.43. The molecule has 14 heavy (non-hydrogen) atoms. The van der Waals surface area contributed by atoms with Crippen LogP contribution in [0, 0.1) is 17.8 Å². The van der Waals surface area contributed by atoms with Crippen molar-refractivity contribution in [2.24, 2.45) is 5.92 Å². The molecule has 2 atom stereocenters. The van der Waals surface area contributed by atoms with Crippen molar-refractivity contribution in [2.45, 2.75) is 51.8 Å². The standard InChI is InChI=1S/C12H19FO/c1-10(2)14-9-11-5-3-4-6-12(13)8-7-11/h10-12H,3,5,7-9H2,1-2H3. The van der Waals surface area contributed by atoms with Crippen molar-refractivity contribution < 1.29 is 9.13 Å². The molecule has 0 N–H and O–H groups in total. The Hall–Kier alpha value is -0.550. The third kappa shape index (κ3) is 4.62. The van der Waals surface area contributed by atoms with Gasteiger partial charge in [0.15, 0.2) is 6.17 Å². The maximum atomic E-state index is 13.0. The summed E-state index contributed by atoms with van der Waals surface area (Å²) < 4.78 is 18.5. The number of alkyl halides is 1. The first kappa shape index (κ1) is 11.5. The van der Waals surface area contributed by atoms with Crippen molar-refractivity contribution in [3.05, 3.63) is 0 Å². The van der Waals surface area contributed by atoms with Crippen molar-refractivity contribution in [1.82, 2.24) is 0 Å². The van der Waals surface area contributed by atoms with Crippen LogP contribution in [0.2, 0.25) is 0 Å². The minimum absolute atomic E-state index is 0.271. The predicted molar refractivity (Wildman–Crippen MR) is 55.7 cm³/mol. The highest BCUT2D eigenvalue weighted by Crippen LogP contribution is 2.18. The average Bonchev–Trinajstić information content (AvgIpc) is 2.11. The summed E-state index contributed by atoms with van der Waals surface area (Å²) in [6.07, 6.45) is 2.69. The van der Waals surface area contributed by atoms with Crippen LogP contribution < -0.4 is 0 Å². The lowest BCUT2D eigenvalue weighted by Gasteiger charge is -2.19. The molecular formula is C12H19FO. The molecule has 2 heteroatoms. The zero-order valence-electron chi connectivity index (χ0n) is 9.05. The Morgan fingerprint density at radius 3 is 2.86 bits per heavy atom. The van der Waals surface area contributed by atoms with Gasteiger partial charge in [0.2, 0.25) is 0 Å². The summed E-state index contributed by atoms with van der Waals surface area (Å²) in [5.74, 6) is 5.98. The summed E-state index contributed by atoms with van der Waals surface area (Å²) in [5, 5.41) is 0. The van der Waals surface area contributed by atoms with E-state index in [-0.39, 0.29) is 6.10 Å². The molecule has 0 aromatic heterocycles. The number of rotatable bonds is 3. The van der Waals surface area contributed by atoms with Crippen LogP contribution in [0.4, 0.5) is 4.39 Å². The van der Waals surface area contributed by atoms with Crippen molar-refractivity contribution in [3.8, 4) is 11.8 Å². The molecule has 0 amide bonds. The van der Waals surface area contributed by atoms with Crippen LogP contribution in [-0.4, -0.2) is 18.9 Å². The van der Waals surface area contributed by atoms with Gasteiger partial charge in [-0.05, 0) is 39.0 Å². The highest BCUT2D eigenvalue weighted by atomic mass is 19.1. The Morgan fingerprint density at radius 2 is 2.14 bits per heavy atom. The predicted octanol–water partition coefficient (Wildman–Crippen LogP) is 2.94. The second kappa shape index (κ2) is 6.03. The van der Waals surface area contributed by atoms with Crippen LogP contribution in [0.3, 0.4) is 0 Å². The lowest BCUT2D eigenvalue weighted by molar-refractivity contribution is 0.0452. The zero-order valence-corrected chi connectivity index (χ0v) is 9.05. The van der Waals surface area contributed by atoms with E-state index in [1.165, 1.54) is 0 Å². The molecule has 2 unspecified atom stereocenters. The molecule has 0 fully saturated rings. The molecule has 0 spiro atoms. The topological polar surface area (TPSA) is 9.23 Å². The largest absolute Gasteiger partial charge is 0.379 e. The molecular weight excluding hydrogens is 179 g/mol.